The summed E-state index contributed by atoms with van der Waals surface area (Å²) in [4.78, 5) is 8.21. The molecular weight excluding hydrogens is 436 g/mol. The molecule has 2 aromatic heterocycles. The van der Waals surface area contributed by atoms with Crippen molar-refractivity contribution in [2.45, 2.75) is 51.5 Å². The molecule has 31 heavy (non-hydrogen) atoms. The van der Waals surface area contributed by atoms with Gasteiger partial charge in [-0.1, -0.05) is 39.3 Å². The summed E-state index contributed by atoms with van der Waals surface area (Å²) in [6, 6.07) is 4.86. The topological polar surface area (TPSA) is 95.4 Å². The molecule has 0 radical (unpaired) electrons. The van der Waals surface area contributed by atoms with Crippen LogP contribution in [0, 0.1) is 11.8 Å². The van der Waals surface area contributed by atoms with Gasteiger partial charge in [-0.15, -0.1) is 0 Å². The predicted octanol–water partition coefficient (Wildman–Crippen LogP) is 4.36. The van der Waals surface area contributed by atoms with E-state index >= 15 is 0 Å². The summed E-state index contributed by atoms with van der Waals surface area (Å²) < 4.78 is 28.0. The molecule has 1 atom stereocenters. The van der Waals surface area contributed by atoms with Crippen molar-refractivity contribution in [2.75, 3.05) is 25.0 Å². The zero-order chi connectivity index (χ0) is 23.0. The number of aliphatic hydroxyl groups is 1. The summed E-state index contributed by atoms with van der Waals surface area (Å²) >= 11 is 6.33. The maximum atomic E-state index is 13.2. The molecule has 0 saturated heterocycles. The van der Waals surface area contributed by atoms with Crippen LogP contribution in [0.3, 0.4) is 0 Å². The summed E-state index contributed by atoms with van der Waals surface area (Å²) in [5, 5.41) is 13.4. The molecule has 2 aromatic rings. The van der Waals surface area contributed by atoms with Crippen LogP contribution in [0.25, 0.3) is 0 Å². The monoisotopic (exact) mass is 468 g/mol. The first kappa shape index (κ1) is 25.5. The molecule has 9 heteroatoms. The summed E-state index contributed by atoms with van der Waals surface area (Å²) in [5.74, 6) is 1.12. The van der Waals surface area contributed by atoms with Gasteiger partial charge in [0.15, 0.2) is 0 Å². The minimum atomic E-state index is -3.70. The lowest BCUT2D eigenvalue weighted by molar-refractivity contribution is 0.191. The van der Waals surface area contributed by atoms with Gasteiger partial charge in [0.05, 0.1) is 11.1 Å². The van der Waals surface area contributed by atoms with Crippen LogP contribution in [0.5, 0.6) is 0 Å². The van der Waals surface area contributed by atoms with Crippen molar-refractivity contribution in [1.29, 1.82) is 0 Å². The van der Waals surface area contributed by atoms with Crippen LogP contribution in [0.4, 0.5) is 5.82 Å². The van der Waals surface area contributed by atoms with Gasteiger partial charge in [0, 0.05) is 38.2 Å². The van der Waals surface area contributed by atoms with Gasteiger partial charge in [0.1, 0.15) is 10.7 Å². The quantitative estimate of drug-likeness (QED) is 0.480. The van der Waals surface area contributed by atoms with E-state index in [1.165, 1.54) is 16.6 Å². The van der Waals surface area contributed by atoms with Crippen molar-refractivity contribution in [3.63, 3.8) is 0 Å². The first-order valence-corrected chi connectivity index (χ1v) is 12.4. The highest BCUT2D eigenvalue weighted by molar-refractivity contribution is 7.89. The summed E-state index contributed by atoms with van der Waals surface area (Å²) in [5.41, 5.74) is 0.712. The average Bonchev–Trinajstić information content (AvgIpc) is 2.72. The third-order valence-electron chi connectivity index (χ3n) is 4.92. The molecule has 2 heterocycles. The lowest BCUT2D eigenvalue weighted by atomic mass is 10.1. The van der Waals surface area contributed by atoms with Gasteiger partial charge in [-0.05, 0) is 48.4 Å². The number of sulfonamides is 1. The first-order chi connectivity index (χ1) is 14.6. The Bertz CT molecular complexity index is 912. The molecule has 2 N–H and O–H groups in total. The summed E-state index contributed by atoms with van der Waals surface area (Å²) in [6.07, 6.45) is 5.32. The zero-order valence-electron chi connectivity index (χ0n) is 18.6. The Labute approximate surface area is 190 Å². The lowest BCUT2D eigenvalue weighted by Gasteiger charge is -2.24. The Kier molecular flexibility index (Phi) is 9.68. The third kappa shape index (κ3) is 7.71. The second-order valence-electron chi connectivity index (χ2n) is 8.45. The minimum Gasteiger partial charge on any atom is -0.387 e. The van der Waals surface area contributed by atoms with E-state index in [1.807, 2.05) is 0 Å². The van der Waals surface area contributed by atoms with Crippen LogP contribution >= 0.6 is 11.6 Å². The van der Waals surface area contributed by atoms with Gasteiger partial charge in [0.2, 0.25) is 10.0 Å². The van der Waals surface area contributed by atoms with Gasteiger partial charge in [-0.3, -0.25) is 4.98 Å². The Morgan fingerprint density at radius 2 is 1.68 bits per heavy atom. The zero-order valence-corrected chi connectivity index (χ0v) is 20.2. The van der Waals surface area contributed by atoms with E-state index < -0.39 is 16.1 Å². The molecule has 0 aliphatic carbocycles. The number of nitrogens with zero attached hydrogens (tertiary/aromatic N) is 3. The van der Waals surface area contributed by atoms with Crippen molar-refractivity contribution >= 4 is 27.4 Å². The SMILES string of the molecule is CC(C)CCN(CCC(C)C)S(=O)(=O)c1cnc(NCC(O)c2ccncc2)c(Cl)c1. The fourth-order valence-electron chi connectivity index (χ4n) is 2.89. The Hall–Kier alpha value is -1.74. The molecule has 0 aliphatic heterocycles. The van der Waals surface area contributed by atoms with Crippen molar-refractivity contribution in [3.05, 3.63) is 47.4 Å². The van der Waals surface area contributed by atoms with E-state index in [0.717, 1.165) is 12.8 Å². The molecule has 1 unspecified atom stereocenters. The number of nitrogens with one attached hydrogen (secondary N) is 1. The molecule has 2 rings (SSSR count). The molecule has 0 bridgehead atoms. The van der Waals surface area contributed by atoms with Crippen LogP contribution in [-0.2, 0) is 10.0 Å². The minimum absolute atomic E-state index is 0.0743. The number of rotatable bonds is 12. The highest BCUT2D eigenvalue weighted by Gasteiger charge is 2.26. The van der Waals surface area contributed by atoms with Gasteiger partial charge >= 0.3 is 0 Å². The second-order valence-corrected chi connectivity index (χ2v) is 10.8. The fraction of sp³-hybridized carbons (Fsp3) is 0.545. The van der Waals surface area contributed by atoms with Crippen molar-refractivity contribution in [1.82, 2.24) is 14.3 Å². The molecule has 0 fully saturated rings. The number of pyridine rings is 2. The van der Waals surface area contributed by atoms with E-state index in [-0.39, 0.29) is 16.5 Å². The Morgan fingerprint density at radius 1 is 1.10 bits per heavy atom. The first-order valence-electron chi connectivity index (χ1n) is 10.6. The van der Waals surface area contributed by atoms with Crippen LogP contribution in [0.15, 0.2) is 41.7 Å². The van der Waals surface area contributed by atoms with Gasteiger partial charge in [-0.2, -0.15) is 4.31 Å². The van der Waals surface area contributed by atoms with E-state index in [1.54, 1.807) is 24.5 Å². The highest BCUT2D eigenvalue weighted by Crippen LogP contribution is 2.26. The number of anilines is 1. The molecule has 0 aliphatic rings. The van der Waals surface area contributed by atoms with E-state index in [9.17, 15) is 13.5 Å². The number of hydrogen-bond donors (Lipinski definition) is 2. The maximum Gasteiger partial charge on any atom is 0.244 e. The van der Waals surface area contributed by atoms with Gasteiger partial charge < -0.3 is 10.4 Å². The van der Waals surface area contributed by atoms with Crippen molar-refractivity contribution < 1.29 is 13.5 Å². The fourth-order valence-corrected chi connectivity index (χ4v) is 4.63. The van der Waals surface area contributed by atoms with E-state index in [2.05, 4.69) is 43.0 Å². The smallest absolute Gasteiger partial charge is 0.244 e. The normalized spacial score (nSPS) is 13.2. The summed E-state index contributed by atoms with van der Waals surface area (Å²) in [7, 11) is -3.70. The molecule has 0 aromatic carbocycles. The molecule has 0 spiro atoms. The average molecular weight is 469 g/mol. The number of halogens is 1. The molecule has 7 nitrogen and oxygen atoms in total. The van der Waals surface area contributed by atoms with Crippen LogP contribution in [0.1, 0.15) is 52.2 Å². The lowest BCUT2D eigenvalue weighted by Crippen LogP contribution is -2.34. The molecule has 0 amide bonds. The van der Waals surface area contributed by atoms with Crippen molar-refractivity contribution in [2.24, 2.45) is 11.8 Å². The van der Waals surface area contributed by atoms with Crippen LogP contribution < -0.4 is 5.32 Å². The third-order valence-corrected chi connectivity index (χ3v) is 7.07. The molecule has 172 valence electrons. The van der Waals surface area contributed by atoms with E-state index in [0.29, 0.717) is 36.3 Å². The highest BCUT2D eigenvalue weighted by atomic mass is 35.5. The molecule has 0 saturated carbocycles. The predicted molar refractivity (Wildman–Crippen MR) is 125 cm³/mol. The second kappa shape index (κ2) is 11.8. The Balaban J connectivity index is 2.14. The number of aromatic nitrogens is 2. The van der Waals surface area contributed by atoms with Crippen molar-refractivity contribution in [3.8, 4) is 0 Å². The van der Waals surface area contributed by atoms with Crippen LogP contribution in [-0.4, -0.2) is 47.4 Å². The number of aliphatic hydroxyl groups excluding tert-OH is 1. The molecular formula is C22H33ClN4O3S. The van der Waals surface area contributed by atoms with E-state index in [4.69, 9.17) is 11.6 Å². The van der Waals surface area contributed by atoms with Gasteiger partial charge in [-0.25, -0.2) is 13.4 Å². The number of hydrogen-bond acceptors (Lipinski definition) is 6. The maximum absolute atomic E-state index is 13.2. The summed E-state index contributed by atoms with van der Waals surface area (Å²) in [6.45, 7) is 9.40. The Morgan fingerprint density at radius 3 is 2.19 bits per heavy atom. The van der Waals surface area contributed by atoms with Crippen LogP contribution in [0.2, 0.25) is 5.02 Å². The standard InChI is InChI=1S/C22H33ClN4O3S/c1-16(2)7-11-27(12-8-17(3)4)31(29,30)19-13-20(23)22(25-14-19)26-15-21(28)18-5-9-24-10-6-18/h5-6,9-10,13-14,16-17,21,28H,7-8,11-12,15H2,1-4H3,(H,25,26). The largest absolute Gasteiger partial charge is 0.387 e. The van der Waals surface area contributed by atoms with Gasteiger partial charge in [0.25, 0.3) is 0 Å².